The first kappa shape index (κ1) is 20.0. The molecule has 4 aromatic rings. The van der Waals surface area contributed by atoms with Gasteiger partial charge in [0.05, 0.1) is 36.1 Å². The molecule has 0 unspecified atom stereocenters. The molecule has 0 saturated heterocycles. The fraction of sp³-hybridized carbons (Fsp3) is 0.250. The molecule has 0 aliphatic heterocycles. The summed E-state index contributed by atoms with van der Waals surface area (Å²) in [5, 5.41) is 8.16. The van der Waals surface area contributed by atoms with Crippen molar-refractivity contribution in [2.45, 2.75) is 25.8 Å². The number of esters is 1. The van der Waals surface area contributed by atoms with Crippen molar-refractivity contribution in [3.63, 3.8) is 0 Å². The minimum absolute atomic E-state index is 0.316. The van der Waals surface area contributed by atoms with Crippen LogP contribution in [0.1, 0.15) is 30.1 Å². The highest BCUT2D eigenvalue weighted by Crippen LogP contribution is 2.35. The molecule has 3 aromatic heterocycles. The second-order valence-corrected chi connectivity index (χ2v) is 7.60. The van der Waals surface area contributed by atoms with E-state index in [0.717, 1.165) is 46.6 Å². The average Bonchev–Trinajstić information content (AvgIpc) is 3.55. The van der Waals surface area contributed by atoms with Crippen LogP contribution in [0.5, 0.6) is 5.75 Å². The second kappa shape index (κ2) is 8.30. The van der Waals surface area contributed by atoms with Crippen molar-refractivity contribution in [2.75, 3.05) is 19.0 Å². The monoisotopic (exact) mass is 429 g/mol. The topological polar surface area (TPSA) is 90.6 Å². The van der Waals surface area contributed by atoms with E-state index < -0.39 is 0 Å². The van der Waals surface area contributed by atoms with Gasteiger partial charge in [-0.05, 0) is 62.2 Å². The van der Waals surface area contributed by atoms with Crippen molar-refractivity contribution in [3.05, 3.63) is 60.4 Å². The number of nitrogens with zero attached hydrogens (tertiary/aromatic N) is 4. The van der Waals surface area contributed by atoms with Gasteiger partial charge >= 0.3 is 5.97 Å². The maximum atomic E-state index is 12.2. The summed E-state index contributed by atoms with van der Waals surface area (Å²) >= 11 is 0. The number of carbonyl (C=O) groups excluding carboxylic acids is 1. The minimum atomic E-state index is -0.379. The van der Waals surface area contributed by atoms with Gasteiger partial charge in [-0.1, -0.05) is 0 Å². The molecule has 1 N–H and O–H groups in total. The van der Waals surface area contributed by atoms with Crippen molar-refractivity contribution in [1.82, 2.24) is 19.6 Å². The lowest BCUT2D eigenvalue weighted by molar-refractivity contribution is 0.0525. The van der Waals surface area contributed by atoms with Crippen molar-refractivity contribution >= 4 is 17.4 Å². The van der Waals surface area contributed by atoms with E-state index in [1.807, 2.05) is 36.4 Å². The number of aromatic nitrogens is 4. The van der Waals surface area contributed by atoms with Crippen LogP contribution in [0.25, 0.3) is 28.0 Å². The molecule has 1 fully saturated rings. The fourth-order valence-electron chi connectivity index (χ4n) is 3.57. The van der Waals surface area contributed by atoms with Gasteiger partial charge in [0.1, 0.15) is 11.4 Å². The summed E-state index contributed by atoms with van der Waals surface area (Å²) in [4.78, 5) is 21.4. The number of pyridine rings is 1. The predicted octanol–water partition coefficient (Wildman–Crippen LogP) is 4.22. The zero-order chi connectivity index (χ0) is 22.1. The zero-order valence-electron chi connectivity index (χ0n) is 17.9. The molecule has 1 saturated carbocycles. The van der Waals surface area contributed by atoms with Crippen LogP contribution in [-0.2, 0) is 4.74 Å². The minimum Gasteiger partial charge on any atom is -0.497 e. The largest absolute Gasteiger partial charge is 0.497 e. The lowest BCUT2D eigenvalue weighted by Crippen LogP contribution is -2.06. The number of fused-ring (bicyclic) bond motifs is 1. The summed E-state index contributed by atoms with van der Waals surface area (Å²) in [7, 11) is 1.64. The Morgan fingerprint density at radius 2 is 1.97 bits per heavy atom. The van der Waals surface area contributed by atoms with Gasteiger partial charge in [0.2, 0.25) is 5.95 Å². The number of benzene rings is 1. The average molecular weight is 429 g/mol. The lowest BCUT2D eigenvalue weighted by atomic mass is 10.0. The first-order valence-electron chi connectivity index (χ1n) is 10.6. The third-order valence-corrected chi connectivity index (χ3v) is 5.33. The number of anilines is 1. The molecule has 0 bridgehead atoms. The van der Waals surface area contributed by atoms with Crippen LogP contribution in [-0.4, -0.2) is 45.3 Å². The summed E-state index contributed by atoms with van der Waals surface area (Å²) in [5.41, 5.74) is 4.57. The molecule has 162 valence electrons. The van der Waals surface area contributed by atoms with Crippen LogP contribution in [0.3, 0.4) is 0 Å². The van der Waals surface area contributed by atoms with E-state index in [1.54, 1.807) is 37.0 Å². The molecule has 8 heteroatoms. The van der Waals surface area contributed by atoms with E-state index in [-0.39, 0.29) is 5.97 Å². The van der Waals surface area contributed by atoms with Gasteiger partial charge in [-0.25, -0.2) is 19.3 Å². The Bertz CT molecular complexity index is 1280. The Balaban J connectivity index is 1.66. The van der Waals surface area contributed by atoms with E-state index in [4.69, 9.17) is 19.6 Å². The lowest BCUT2D eigenvalue weighted by Gasteiger charge is -2.07. The van der Waals surface area contributed by atoms with Crippen LogP contribution < -0.4 is 10.1 Å². The van der Waals surface area contributed by atoms with Gasteiger partial charge in [0.15, 0.2) is 0 Å². The highest BCUT2D eigenvalue weighted by atomic mass is 16.5. The van der Waals surface area contributed by atoms with Crippen LogP contribution >= 0.6 is 0 Å². The second-order valence-electron chi connectivity index (χ2n) is 7.60. The third kappa shape index (κ3) is 3.87. The summed E-state index contributed by atoms with van der Waals surface area (Å²) in [6, 6.07) is 13.7. The van der Waals surface area contributed by atoms with Gasteiger partial charge in [-0.2, -0.15) is 5.10 Å². The van der Waals surface area contributed by atoms with Crippen molar-refractivity contribution < 1.29 is 14.3 Å². The maximum Gasteiger partial charge on any atom is 0.339 e. The Morgan fingerprint density at radius 1 is 1.16 bits per heavy atom. The van der Waals surface area contributed by atoms with Gasteiger partial charge < -0.3 is 14.8 Å². The van der Waals surface area contributed by atoms with Gasteiger partial charge in [-0.3, -0.25) is 0 Å². The van der Waals surface area contributed by atoms with Gasteiger partial charge in [0.25, 0.3) is 0 Å². The molecule has 1 aliphatic rings. The molecular weight excluding hydrogens is 406 g/mol. The fourth-order valence-corrected chi connectivity index (χ4v) is 3.57. The molecule has 8 nitrogen and oxygen atoms in total. The van der Waals surface area contributed by atoms with Crippen molar-refractivity contribution in [3.8, 4) is 28.3 Å². The maximum absolute atomic E-state index is 12.2. The van der Waals surface area contributed by atoms with Crippen LogP contribution in [0.15, 0.2) is 54.9 Å². The zero-order valence-corrected chi connectivity index (χ0v) is 17.9. The molecule has 5 rings (SSSR count). The molecule has 32 heavy (non-hydrogen) atoms. The Labute approximate surface area is 185 Å². The molecule has 3 heterocycles. The van der Waals surface area contributed by atoms with Crippen molar-refractivity contribution in [1.29, 1.82) is 0 Å². The molecule has 0 spiro atoms. The summed E-state index contributed by atoms with van der Waals surface area (Å²) in [6.45, 7) is 2.10. The van der Waals surface area contributed by atoms with Crippen molar-refractivity contribution in [2.24, 2.45) is 0 Å². The quantitative estimate of drug-likeness (QED) is 0.440. The van der Waals surface area contributed by atoms with E-state index >= 15 is 0 Å². The van der Waals surface area contributed by atoms with Crippen LogP contribution in [0.2, 0.25) is 0 Å². The Morgan fingerprint density at radius 3 is 2.69 bits per heavy atom. The smallest absolute Gasteiger partial charge is 0.339 e. The van der Waals surface area contributed by atoms with E-state index in [1.165, 1.54) is 0 Å². The standard InChI is InChI=1S/C24H23N5O3/c1-3-32-23(30)16-6-11-20-21(19-12-13-25-24(27-19)26-17-7-8-17)22(28-29(20)14-16)15-4-9-18(31-2)10-5-15/h4-6,9-14,17H,3,7-8H2,1-2H3,(H,25,26,27). The number of methoxy groups -OCH3 is 1. The third-order valence-electron chi connectivity index (χ3n) is 5.33. The first-order valence-corrected chi connectivity index (χ1v) is 10.6. The number of ether oxygens (including phenoxy) is 2. The van der Waals surface area contributed by atoms with Gasteiger partial charge in [0, 0.05) is 24.0 Å². The van der Waals surface area contributed by atoms with Crippen LogP contribution in [0, 0.1) is 0 Å². The summed E-state index contributed by atoms with van der Waals surface area (Å²) in [6.07, 6.45) is 5.71. The Kier molecular flexibility index (Phi) is 5.18. The van der Waals surface area contributed by atoms with Crippen LogP contribution in [0.4, 0.5) is 5.95 Å². The molecular formula is C24H23N5O3. The summed E-state index contributed by atoms with van der Waals surface area (Å²) < 4.78 is 12.1. The normalized spacial score (nSPS) is 13.2. The highest BCUT2D eigenvalue weighted by molar-refractivity contribution is 5.94. The van der Waals surface area contributed by atoms with Gasteiger partial charge in [-0.15, -0.1) is 0 Å². The first-order chi connectivity index (χ1) is 15.7. The SMILES string of the molecule is CCOC(=O)c1ccc2c(-c3ccnc(NC4CC4)n3)c(-c3ccc(OC)cc3)nn2c1. The highest BCUT2D eigenvalue weighted by Gasteiger charge is 2.23. The molecule has 1 aromatic carbocycles. The molecule has 1 aliphatic carbocycles. The number of nitrogens with one attached hydrogen (secondary N) is 1. The van der Waals surface area contributed by atoms with E-state index in [0.29, 0.717) is 24.2 Å². The molecule has 0 radical (unpaired) electrons. The molecule has 0 atom stereocenters. The van der Waals surface area contributed by atoms with E-state index in [9.17, 15) is 4.79 Å². The Hall–Kier alpha value is -3.94. The predicted molar refractivity (Wildman–Crippen MR) is 121 cm³/mol. The molecule has 0 amide bonds. The number of carbonyl (C=O) groups is 1. The number of hydrogen-bond donors (Lipinski definition) is 1. The summed E-state index contributed by atoms with van der Waals surface area (Å²) in [5.74, 6) is 0.991. The number of hydrogen-bond acceptors (Lipinski definition) is 7. The van der Waals surface area contributed by atoms with E-state index in [2.05, 4.69) is 10.3 Å². The number of rotatable bonds is 7.